The molecule has 0 aliphatic rings. The Labute approximate surface area is 181 Å². The molecule has 1 aromatic heterocycles. The van der Waals surface area contributed by atoms with Crippen molar-refractivity contribution in [2.75, 3.05) is 23.8 Å². The summed E-state index contributed by atoms with van der Waals surface area (Å²) in [5, 5.41) is 3.17. The summed E-state index contributed by atoms with van der Waals surface area (Å²) in [5.41, 5.74) is 2.23. The molecule has 0 radical (unpaired) electrons. The van der Waals surface area contributed by atoms with E-state index in [2.05, 4.69) is 15.3 Å². The maximum atomic E-state index is 12.2. The molecule has 0 spiro atoms. The predicted octanol–water partition coefficient (Wildman–Crippen LogP) is 4.32. The van der Waals surface area contributed by atoms with Crippen LogP contribution in [0.5, 0.6) is 11.5 Å². The van der Waals surface area contributed by atoms with Crippen LogP contribution in [0.4, 0.5) is 23.0 Å². The average Bonchev–Trinajstić information content (AvgIpc) is 2.79. The fourth-order valence-electron chi connectivity index (χ4n) is 3.07. The lowest BCUT2D eigenvalue weighted by Gasteiger charge is -2.27. The minimum atomic E-state index is -2.64. The van der Waals surface area contributed by atoms with Gasteiger partial charge in [0.15, 0.2) is 11.6 Å². The Balaban J connectivity index is 1.89. The molecule has 31 heavy (non-hydrogen) atoms. The normalized spacial score (nSPS) is 11.7. The summed E-state index contributed by atoms with van der Waals surface area (Å²) in [6, 6.07) is 21.2. The summed E-state index contributed by atoms with van der Waals surface area (Å²) in [5.74, 6) is 1.55. The monoisotopic (exact) mass is 435 g/mol. The third kappa shape index (κ3) is 4.42. The van der Waals surface area contributed by atoms with Crippen molar-refractivity contribution in [3.05, 3.63) is 72.8 Å². The van der Waals surface area contributed by atoms with Crippen LogP contribution in [0, 0.1) is 0 Å². The fourth-order valence-corrected chi connectivity index (χ4v) is 3.64. The summed E-state index contributed by atoms with van der Waals surface area (Å²) in [6.45, 7) is 0. The maximum Gasteiger partial charge on any atom is 0.188 e. The van der Waals surface area contributed by atoms with Crippen LogP contribution in [0.3, 0.4) is 0 Å². The molecule has 1 heterocycles. The van der Waals surface area contributed by atoms with Crippen LogP contribution in [-0.2, 0) is 11.3 Å². The third-order valence-electron chi connectivity index (χ3n) is 4.50. The van der Waals surface area contributed by atoms with Crippen LogP contribution in [0.15, 0.2) is 72.8 Å². The molecule has 8 nitrogen and oxygen atoms in total. The second-order valence-corrected chi connectivity index (χ2v) is 7.26. The topological polar surface area (TPSA) is 99.6 Å². The summed E-state index contributed by atoms with van der Waals surface area (Å²) in [7, 11) is 3.11. The minimum absolute atomic E-state index is 0.139. The molecule has 3 aromatic carbocycles. The number of fused-ring (bicyclic) bond motifs is 1. The first-order chi connectivity index (χ1) is 15.1. The number of nitrogens with zero attached hydrogens (tertiary/aromatic N) is 3. The van der Waals surface area contributed by atoms with E-state index in [9.17, 15) is 8.76 Å². The van der Waals surface area contributed by atoms with Gasteiger partial charge < -0.3 is 19.3 Å². The van der Waals surface area contributed by atoms with Gasteiger partial charge in [0.25, 0.3) is 0 Å². The van der Waals surface area contributed by atoms with E-state index in [1.807, 2.05) is 24.3 Å². The largest absolute Gasteiger partial charge is 0.755 e. The zero-order chi connectivity index (χ0) is 21.8. The lowest BCUT2D eigenvalue weighted by atomic mass is 10.2. The van der Waals surface area contributed by atoms with Crippen molar-refractivity contribution in [2.24, 2.45) is 0 Å². The Kier molecular flexibility index (Phi) is 5.96. The molecule has 0 aliphatic heterocycles. The molecule has 0 aliphatic carbocycles. The van der Waals surface area contributed by atoms with Crippen LogP contribution in [-0.4, -0.2) is 32.9 Å². The van der Waals surface area contributed by atoms with Gasteiger partial charge >= 0.3 is 0 Å². The number of para-hydroxylation sites is 3. The minimum Gasteiger partial charge on any atom is -0.755 e. The molecular formula is C22H19N4O4S-. The summed E-state index contributed by atoms with van der Waals surface area (Å²) < 4.78 is 36.2. The van der Waals surface area contributed by atoms with Crippen LogP contribution in [0.2, 0.25) is 0 Å². The van der Waals surface area contributed by atoms with Crippen molar-refractivity contribution in [3.63, 3.8) is 0 Å². The summed E-state index contributed by atoms with van der Waals surface area (Å²) in [6.07, 6.45) is 0. The van der Waals surface area contributed by atoms with Gasteiger partial charge in [-0.05, 0) is 24.3 Å². The molecule has 9 heteroatoms. The van der Waals surface area contributed by atoms with E-state index >= 15 is 0 Å². The summed E-state index contributed by atoms with van der Waals surface area (Å²) in [4.78, 5) is 9.24. The van der Waals surface area contributed by atoms with E-state index < -0.39 is 11.3 Å². The van der Waals surface area contributed by atoms with Gasteiger partial charge in [0.05, 0.1) is 42.2 Å². The number of methoxy groups -OCH3 is 2. The highest BCUT2D eigenvalue weighted by molar-refractivity contribution is 7.81. The first-order valence-electron chi connectivity index (χ1n) is 9.30. The number of anilines is 4. The number of benzene rings is 3. The van der Waals surface area contributed by atoms with Crippen molar-refractivity contribution in [3.8, 4) is 11.5 Å². The zero-order valence-corrected chi connectivity index (χ0v) is 17.6. The predicted molar refractivity (Wildman–Crippen MR) is 120 cm³/mol. The van der Waals surface area contributed by atoms with Crippen molar-refractivity contribution < 1.29 is 18.2 Å². The van der Waals surface area contributed by atoms with E-state index in [0.717, 1.165) is 4.31 Å². The SMILES string of the molecule is COc1cc(Nc2nc3ccccc3nc2N(c2ccccc2)S(=O)[O-])cc(OC)c1. The van der Waals surface area contributed by atoms with E-state index in [1.165, 1.54) is 0 Å². The molecule has 1 atom stereocenters. The van der Waals surface area contributed by atoms with Crippen molar-refractivity contribution >= 4 is 45.3 Å². The number of nitrogens with one attached hydrogen (secondary N) is 1. The number of rotatable bonds is 7. The number of hydrogen-bond donors (Lipinski definition) is 1. The van der Waals surface area contributed by atoms with Gasteiger partial charge in [-0.25, -0.2) is 9.97 Å². The lowest BCUT2D eigenvalue weighted by molar-refractivity contribution is 0.395. The van der Waals surface area contributed by atoms with Gasteiger partial charge in [-0.1, -0.05) is 30.3 Å². The van der Waals surface area contributed by atoms with E-state index in [4.69, 9.17) is 9.47 Å². The Hall–Kier alpha value is -3.69. The van der Waals surface area contributed by atoms with Gasteiger partial charge in [-0.3, -0.25) is 8.51 Å². The number of ether oxygens (including phenoxy) is 2. The van der Waals surface area contributed by atoms with Crippen molar-refractivity contribution in [1.82, 2.24) is 9.97 Å². The molecule has 158 valence electrons. The molecule has 1 N–H and O–H groups in total. The Morgan fingerprint density at radius 1 is 0.871 bits per heavy atom. The average molecular weight is 435 g/mol. The van der Waals surface area contributed by atoms with Gasteiger partial charge in [0.2, 0.25) is 0 Å². The molecule has 0 saturated carbocycles. The molecule has 1 unspecified atom stereocenters. The van der Waals surface area contributed by atoms with Crippen LogP contribution >= 0.6 is 0 Å². The second-order valence-electron chi connectivity index (χ2n) is 6.46. The smallest absolute Gasteiger partial charge is 0.188 e. The van der Waals surface area contributed by atoms with Gasteiger partial charge in [0, 0.05) is 23.9 Å². The van der Waals surface area contributed by atoms with Crippen molar-refractivity contribution in [2.45, 2.75) is 0 Å². The highest BCUT2D eigenvalue weighted by Gasteiger charge is 2.19. The van der Waals surface area contributed by atoms with Crippen LogP contribution in [0.25, 0.3) is 11.0 Å². The second kappa shape index (κ2) is 8.99. The molecule has 0 bridgehead atoms. The first-order valence-corrected chi connectivity index (χ1v) is 10.3. The standard InChI is InChI=1S/C22H20N4O4S/c1-29-17-12-15(13-18(14-17)30-2)23-21-22(25-20-11-7-6-10-19(20)24-21)26(31(27)28)16-8-4-3-5-9-16/h3-14H,1-2H3,(H,23,24)(H,27,28)/p-1. The maximum absolute atomic E-state index is 12.2. The zero-order valence-electron chi connectivity index (χ0n) is 16.8. The highest BCUT2D eigenvalue weighted by Crippen LogP contribution is 2.35. The molecular weight excluding hydrogens is 416 g/mol. The van der Waals surface area contributed by atoms with Crippen LogP contribution in [0.1, 0.15) is 0 Å². The molecule has 4 rings (SSSR count). The first kappa shape index (κ1) is 20.6. The third-order valence-corrected chi connectivity index (χ3v) is 5.18. The Bertz CT molecular complexity index is 1210. The number of aromatic nitrogens is 2. The van der Waals surface area contributed by atoms with Gasteiger partial charge in [-0.15, -0.1) is 0 Å². The molecule has 0 amide bonds. The molecule has 0 saturated heterocycles. The Morgan fingerprint density at radius 3 is 2.03 bits per heavy atom. The van der Waals surface area contributed by atoms with E-state index in [1.54, 1.807) is 62.8 Å². The fraction of sp³-hybridized carbons (Fsp3) is 0.0909. The summed E-state index contributed by atoms with van der Waals surface area (Å²) >= 11 is -2.64. The van der Waals surface area contributed by atoms with Gasteiger partial charge in [0.1, 0.15) is 11.5 Å². The lowest BCUT2D eigenvalue weighted by Crippen LogP contribution is -2.22. The van der Waals surface area contributed by atoms with Crippen LogP contribution < -0.4 is 19.1 Å². The van der Waals surface area contributed by atoms with Crippen molar-refractivity contribution in [1.29, 1.82) is 0 Å². The van der Waals surface area contributed by atoms with E-state index in [0.29, 0.717) is 33.9 Å². The quantitative estimate of drug-likeness (QED) is 0.432. The number of hydrogen-bond acceptors (Lipinski definition) is 7. The molecule has 0 fully saturated rings. The van der Waals surface area contributed by atoms with Gasteiger partial charge in [-0.2, -0.15) is 0 Å². The van der Waals surface area contributed by atoms with E-state index in [-0.39, 0.29) is 11.6 Å². The molecule has 4 aromatic rings. The Morgan fingerprint density at radius 2 is 1.45 bits per heavy atom. The highest BCUT2D eigenvalue weighted by atomic mass is 32.2.